The van der Waals surface area contributed by atoms with E-state index in [1.165, 1.54) is 0 Å². The van der Waals surface area contributed by atoms with Gasteiger partial charge >= 0.3 is 0 Å². The molecule has 0 bridgehead atoms. The largest absolute Gasteiger partial charge is 0.378 e. The monoisotopic (exact) mass is 335 g/mol. The zero-order valence-electron chi connectivity index (χ0n) is 12.7. The number of amides is 1. The van der Waals surface area contributed by atoms with E-state index in [1.807, 2.05) is 10.6 Å². The van der Waals surface area contributed by atoms with Gasteiger partial charge in [0.2, 0.25) is 5.91 Å². The van der Waals surface area contributed by atoms with Gasteiger partial charge in [0.1, 0.15) is 10.7 Å². The standard InChI is InChI=1S/C15H18ClN5O2/c16-12-6-11(20-1-3-23-4-2-20)14-15(19-12)21(9-18-14)8-10-5-13(22)17-7-10/h6,9-10H,1-5,7-8H2,(H,17,22)/t10-/m0/s1. The summed E-state index contributed by atoms with van der Waals surface area (Å²) >= 11 is 6.24. The van der Waals surface area contributed by atoms with Crippen molar-refractivity contribution in [2.24, 2.45) is 5.92 Å². The van der Waals surface area contributed by atoms with Crippen molar-refractivity contribution in [3.8, 4) is 0 Å². The third kappa shape index (κ3) is 2.86. The van der Waals surface area contributed by atoms with Gasteiger partial charge in [-0.2, -0.15) is 0 Å². The summed E-state index contributed by atoms with van der Waals surface area (Å²) in [6.45, 7) is 4.48. The quantitative estimate of drug-likeness (QED) is 0.849. The van der Waals surface area contributed by atoms with E-state index < -0.39 is 0 Å². The first-order chi connectivity index (χ1) is 11.2. The van der Waals surface area contributed by atoms with Crippen LogP contribution in [0.3, 0.4) is 0 Å². The van der Waals surface area contributed by atoms with Crippen molar-refractivity contribution in [1.82, 2.24) is 19.9 Å². The Morgan fingerprint density at radius 3 is 2.96 bits per heavy atom. The molecule has 7 nitrogen and oxygen atoms in total. The Hall–Kier alpha value is -1.86. The molecule has 1 N–H and O–H groups in total. The van der Waals surface area contributed by atoms with Crippen molar-refractivity contribution in [1.29, 1.82) is 0 Å². The summed E-state index contributed by atoms with van der Waals surface area (Å²) in [7, 11) is 0. The molecule has 2 aliphatic heterocycles. The lowest BCUT2D eigenvalue weighted by atomic mass is 10.1. The van der Waals surface area contributed by atoms with Crippen LogP contribution in [0, 0.1) is 5.92 Å². The first kappa shape index (κ1) is 14.7. The number of nitrogens with one attached hydrogen (secondary N) is 1. The number of fused-ring (bicyclic) bond motifs is 1. The number of aromatic nitrogens is 3. The SMILES string of the molecule is O=C1C[C@H](Cn2cnc3c(N4CCOCC4)cc(Cl)nc32)CN1. The Bertz CT molecular complexity index is 741. The molecule has 0 unspecified atom stereocenters. The fourth-order valence-corrected chi connectivity index (χ4v) is 3.42. The van der Waals surface area contributed by atoms with E-state index in [0.29, 0.717) is 37.9 Å². The number of ether oxygens (including phenoxy) is 1. The second-order valence-corrected chi connectivity index (χ2v) is 6.39. The molecule has 1 amide bonds. The molecular weight excluding hydrogens is 318 g/mol. The number of carbonyl (C=O) groups is 1. The summed E-state index contributed by atoms with van der Waals surface area (Å²) in [6.07, 6.45) is 2.34. The number of anilines is 1. The number of morpholine rings is 1. The third-order valence-corrected chi connectivity index (χ3v) is 4.58. The van der Waals surface area contributed by atoms with E-state index in [1.54, 1.807) is 6.33 Å². The van der Waals surface area contributed by atoms with Crippen molar-refractivity contribution in [3.05, 3.63) is 17.5 Å². The minimum atomic E-state index is 0.111. The number of hydrogen-bond donors (Lipinski definition) is 1. The molecule has 0 spiro atoms. The van der Waals surface area contributed by atoms with E-state index in [4.69, 9.17) is 16.3 Å². The Morgan fingerprint density at radius 1 is 1.39 bits per heavy atom. The van der Waals surface area contributed by atoms with Crippen LogP contribution >= 0.6 is 11.6 Å². The van der Waals surface area contributed by atoms with E-state index >= 15 is 0 Å². The molecule has 2 aromatic heterocycles. The number of nitrogens with zero attached hydrogens (tertiary/aromatic N) is 4. The average molecular weight is 336 g/mol. The molecule has 0 aliphatic carbocycles. The maximum absolute atomic E-state index is 11.4. The van der Waals surface area contributed by atoms with Crippen LogP contribution in [0.5, 0.6) is 0 Å². The Labute approximate surface area is 138 Å². The molecular formula is C15H18ClN5O2. The van der Waals surface area contributed by atoms with Crippen LogP contribution in [0.1, 0.15) is 6.42 Å². The van der Waals surface area contributed by atoms with Gasteiger partial charge in [-0.25, -0.2) is 9.97 Å². The van der Waals surface area contributed by atoms with Crippen molar-refractivity contribution in [3.63, 3.8) is 0 Å². The lowest BCUT2D eigenvalue weighted by molar-refractivity contribution is -0.119. The van der Waals surface area contributed by atoms with Crippen LogP contribution < -0.4 is 10.2 Å². The molecule has 2 saturated heterocycles. The highest BCUT2D eigenvalue weighted by atomic mass is 35.5. The molecule has 4 rings (SSSR count). The van der Waals surface area contributed by atoms with Crippen molar-refractivity contribution in [2.75, 3.05) is 37.7 Å². The van der Waals surface area contributed by atoms with Crippen molar-refractivity contribution < 1.29 is 9.53 Å². The van der Waals surface area contributed by atoms with Gasteiger partial charge in [0.15, 0.2) is 5.65 Å². The zero-order valence-corrected chi connectivity index (χ0v) is 13.4. The van der Waals surface area contributed by atoms with Gasteiger partial charge in [-0.05, 0) is 0 Å². The van der Waals surface area contributed by atoms with Gasteiger partial charge in [0, 0.05) is 44.6 Å². The summed E-state index contributed by atoms with van der Waals surface area (Å²) in [5.41, 5.74) is 2.63. The number of halogens is 1. The highest BCUT2D eigenvalue weighted by Crippen LogP contribution is 2.29. The van der Waals surface area contributed by atoms with Crippen LogP contribution in [-0.2, 0) is 16.1 Å². The van der Waals surface area contributed by atoms with Crippen molar-refractivity contribution >= 4 is 34.4 Å². The second-order valence-electron chi connectivity index (χ2n) is 6.01. The van der Waals surface area contributed by atoms with Gasteiger partial charge in [-0.3, -0.25) is 4.79 Å². The molecule has 0 saturated carbocycles. The van der Waals surface area contributed by atoms with E-state index in [0.717, 1.165) is 29.9 Å². The van der Waals surface area contributed by atoms with Crippen LogP contribution in [-0.4, -0.2) is 53.3 Å². The maximum Gasteiger partial charge on any atom is 0.220 e. The molecule has 4 heterocycles. The maximum atomic E-state index is 11.4. The smallest absolute Gasteiger partial charge is 0.220 e. The summed E-state index contributed by atoms with van der Waals surface area (Å²) < 4.78 is 7.41. The van der Waals surface area contributed by atoms with E-state index in [-0.39, 0.29) is 11.8 Å². The topological polar surface area (TPSA) is 72.3 Å². The number of imidazole rings is 1. The zero-order chi connectivity index (χ0) is 15.8. The normalized spacial score (nSPS) is 21.9. The Kier molecular flexibility index (Phi) is 3.82. The van der Waals surface area contributed by atoms with E-state index in [9.17, 15) is 4.79 Å². The second kappa shape index (κ2) is 5.98. The number of rotatable bonds is 3. The Morgan fingerprint density at radius 2 is 2.22 bits per heavy atom. The van der Waals surface area contributed by atoms with Crippen molar-refractivity contribution in [2.45, 2.75) is 13.0 Å². The lowest BCUT2D eigenvalue weighted by Gasteiger charge is -2.29. The average Bonchev–Trinajstić information content (AvgIpc) is 3.15. The minimum Gasteiger partial charge on any atom is -0.378 e. The van der Waals surface area contributed by atoms with Crippen LogP contribution in [0.15, 0.2) is 12.4 Å². The fraction of sp³-hybridized carbons (Fsp3) is 0.533. The number of carbonyl (C=O) groups excluding carboxylic acids is 1. The molecule has 2 aliphatic rings. The number of hydrogen-bond acceptors (Lipinski definition) is 5. The number of pyridine rings is 1. The third-order valence-electron chi connectivity index (χ3n) is 4.39. The molecule has 0 radical (unpaired) electrons. The van der Waals surface area contributed by atoms with Gasteiger partial charge in [0.25, 0.3) is 0 Å². The lowest BCUT2D eigenvalue weighted by Crippen LogP contribution is -2.36. The molecule has 8 heteroatoms. The summed E-state index contributed by atoms with van der Waals surface area (Å²) in [5, 5.41) is 3.32. The fourth-order valence-electron chi connectivity index (χ4n) is 3.24. The predicted octanol–water partition coefficient (Wildman–Crippen LogP) is 1.06. The molecule has 23 heavy (non-hydrogen) atoms. The summed E-state index contributed by atoms with van der Waals surface area (Å²) in [5.74, 6) is 0.381. The minimum absolute atomic E-state index is 0.111. The van der Waals surface area contributed by atoms with Gasteiger partial charge in [0.05, 0.1) is 25.2 Å². The molecule has 1 atom stereocenters. The molecule has 2 aromatic rings. The molecule has 122 valence electrons. The highest BCUT2D eigenvalue weighted by molar-refractivity contribution is 6.30. The first-order valence-corrected chi connectivity index (χ1v) is 8.19. The highest BCUT2D eigenvalue weighted by Gasteiger charge is 2.24. The summed E-state index contributed by atoms with van der Waals surface area (Å²) in [4.78, 5) is 22.6. The molecule has 2 fully saturated rings. The van der Waals surface area contributed by atoms with Crippen LogP contribution in [0.4, 0.5) is 5.69 Å². The summed E-state index contributed by atoms with van der Waals surface area (Å²) in [6, 6.07) is 1.87. The predicted molar refractivity (Wildman–Crippen MR) is 86.7 cm³/mol. The van der Waals surface area contributed by atoms with Crippen LogP contribution in [0.25, 0.3) is 11.2 Å². The van der Waals surface area contributed by atoms with Gasteiger partial charge in [-0.1, -0.05) is 11.6 Å². The first-order valence-electron chi connectivity index (χ1n) is 7.81. The van der Waals surface area contributed by atoms with Gasteiger partial charge in [-0.15, -0.1) is 0 Å². The van der Waals surface area contributed by atoms with E-state index in [2.05, 4.69) is 20.2 Å². The Balaban J connectivity index is 1.68. The van der Waals surface area contributed by atoms with Crippen LogP contribution in [0.2, 0.25) is 5.15 Å². The van der Waals surface area contributed by atoms with Gasteiger partial charge < -0.3 is 19.5 Å². The molecule has 0 aromatic carbocycles.